The predicted octanol–water partition coefficient (Wildman–Crippen LogP) is 0.219. The monoisotopic (exact) mass is 329 g/mol. The van der Waals surface area contributed by atoms with E-state index in [4.69, 9.17) is 10.5 Å². The van der Waals surface area contributed by atoms with E-state index in [1.165, 1.54) is 12.1 Å². The van der Waals surface area contributed by atoms with Crippen LogP contribution < -0.4 is 20.5 Å². The molecule has 0 fully saturated rings. The van der Waals surface area contributed by atoms with Gasteiger partial charge < -0.3 is 15.8 Å². The molecule has 0 spiro atoms. The highest BCUT2D eigenvalue weighted by molar-refractivity contribution is 7.89. The molecule has 22 heavy (non-hydrogen) atoms. The topological polar surface area (TPSA) is 111 Å². The van der Waals surface area contributed by atoms with Gasteiger partial charge in [0.05, 0.1) is 11.5 Å². The summed E-state index contributed by atoms with van der Waals surface area (Å²) >= 11 is 0. The van der Waals surface area contributed by atoms with Crippen molar-refractivity contribution in [2.24, 2.45) is 5.73 Å². The van der Waals surface area contributed by atoms with Crippen LogP contribution in [0.2, 0.25) is 0 Å². The van der Waals surface area contributed by atoms with Crippen molar-refractivity contribution in [3.63, 3.8) is 0 Å². The Kier molecular flexibility index (Phi) is 7.86. The Morgan fingerprint density at radius 1 is 1.23 bits per heavy atom. The van der Waals surface area contributed by atoms with Gasteiger partial charge in [-0.15, -0.1) is 0 Å². The second-order valence-corrected chi connectivity index (χ2v) is 6.31. The summed E-state index contributed by atoms with van der Waals surface area (Å²) in [6, 6.07) is 6.12. The average molecular weight is 329 g/mol. The Bertz CT molecular complexity index is 558. The maximum absolute atomic E-state index is 12.0. The smallest absolute Gasteiger partial charge is 0.240 e. The highest BCUT2D eigenvalue weighted by atomic mass is 32.2. The van der Waals surface area contributed by atoms with E-state index < -0.39 is 10.0 Å². The van der Waals surface area contributed by atoms with Gasteiger partial charge in [0.15, 0.2) is 0 Å². The van der Waals surface area contributed by atoms with Crippen molar-refractivity contribution in [2.45, 2.75) is 24.7 Å². The van der Waals surface area contributed by atoms with Crippen LogP contribution in [0.5, 0.6) is 5.75 Å². The third-order valence-corrected chi connectivity index (χ3v) is 4.27. The number of nitrogens with one attached hydrogen (secondary N) is 2. The van der Waals surface area contributed by atoms with Gasteiger partial charge >= 0.3 is 0 Å². The molecule has 7 nitrogen and oxygen atoms in total. The van der Waals surface area contributed by atoms with Gasteiger partial charge in [-0.05, 0) is 44.2 Å². The Balaban J connectivity index is 2.45. The number of hydrogen-bond acceptors (Lipinski definition) is 5. The fraction of sp³-hybridized carbons (Fsp3) is 0.500. The quantitative estimate of drug-likeness (QED) is 0.532. The van der Waals surface area contributed by atoms with Crippen molar-refractivity contribution in [3.8, 4) is 5.75 Å². The maximum atomic E-state index is 12.0. The van der Waals surface area contributed by atoms with Crippen LogP contribution in [0.3, 0.4) is 0 Å². The summed E-state index contributed by atoms with van der Waals surface area (Å²) in [5.74, 6) is 0.406. The first-order valence-electron chi connectivity index (χ1n) is 7.19. The molecule has 1 aromatic carbocycles. The zero-order chi connectivity index (χ0) is 16.4. The normalized spacial score (nSPS) is 11.2. The van der Waals surface area contributed by atoms with Crippen LogP contribution in [0, 0.1) is 0 Å². The Hall–Kier alpha value is -1.64. The van der Waals surface area contributed by atoms with Gasteiger partial charge in [0.25, 0.3) is 0 Å². The van der Waals surface area contributed by atoms with Gasteiger partial charge in [0, 0.05) is 19.5 Å². The first-order chi connectivity index (χ1) is 10.5. The third-order valence-electron chi connectivity index (χ3n) is 2.79. The Morgan fingerprint density at radius 3 is 2.50 bits per heavy atom. The molecule has 0 aliphatic heterocycles. The summed E-state index contributed by atoms with van der Waals surface area (Å²) in [5, 5.41) is 2.66. The van der Waals surface area contributed by atoms with Gasteiger partial charge in [-0.1, -0.05) is 0 Å². The third kappa shape index (κ3) is 6.42. The first kappa shape index (κ1) is 18.4. The van der Waals surface area contributed by atoms with Crippen LogP contribution >= 0.6 is 0 Å². The molecule has 0 heterocycles. The van der Waals surface area contributed by atoms with E-state index in [-0.39, 0.29) is 23.8 Å². The zero-order valence-electron chi connectivity index (χ0n) is 12.7. The molecular formula is C14H23N3O4S. The van der Waals surface area contributed by atoms with Crippen molar-refractivity contribution in [1.82, 2.24) is 10.0 Å². The summed E-state index contributed by atoms with van der Waals surface area (Å²) in [4.78, 5) is 11.6. The molecular weight excluding hydrogens is 306 g/mol. The average Bonchev–Trinajstić information content (AvgIpc) is 2.48. The van der Waals surface area contributed by atoms with Crippen LogP contribution in [0.4, 0.5) is 0 Å². The van der Waals surface area contributed by atoms with E-state index in [0.717, 1.165) is 0 Å². The van der Waals surface area contributed by atoms with Gasteiger partial charge in [0.2, 0.25) is 15.9 Å². The molecule has 0 aromatic heterocycles. The maximum Gasteiger partial charge on any atom is 0.240 e. The van der Waals surface area contributed by atoms with Gasteiger partial charge in [-0.3, -0.25) is 4.79 Å². The molecule has 1 aromatic rings. The molecule has 0 saturated carbocycles. The van der Waals surface area contributed by atoms with Gasteiger partial charge in [0.1, 0.15) is 5.75 Å². The van der Waals surface area contributed by atoms with E-state index in [9.17, 15) is 13.2 Å². The lowest BCUT2D eigenvalue weighted by Crippen LogP contribution is -2.31. The van der Waals surface area contributed by atoms with Crippen molar-refractivity contribution in [2.75, 3.05) is 26.2 Å². The molecule has 124 valence electrons. The van der Waals surface area contributed by atoms with E-state index in [1.807, 2.05) is 6.92 Å². The fourth-order valence-electron chi connectivity index (χ4n) is 1.68. The van der Waals surface area contributed by atoms with Crippen molar-refractivity contribution in [1.29, 1.82) is 0 Å². The minimum atomic E-state index is -3.62. The number of hydrogen-bond donors (Lipinski definition) is 3. The summed E-state index contributed by atoms with van der Waals surface area (Å²) in [6.45, 7) is 3.42. The number of ether oxygens (including phenoxy) is 1. The number of carbonyl (C=O) groups excluding carboxylic acids is 1. The number of amides is 1. The molecule has 0 radical (unpaired) electrons. The van der Waals surface area contributed by atoms with Crippen LogP contribution in [0.25, 0.3) is 0 Å². The van der Waals surface area contributed by atoms with Crippen molar-refractivity contribution in [3.05, 3.63) is 24.3 Å². The lowest BCUT2D eigenvalue weighted by atomic mass is 10.3. The number of rotatable bonds is 10. The second kappa shape index (κ2) is 9.39. The number of nitrogens with two attached hydrogens (primary N) is 1. The highest BCUT2D eigenvalue weighted by Crippen LogP contribution is 2.15. The van der Waals surface area contributed by atoms with Gasteiger partial charge in [-0.2, -0.15) is 0 Å². The molecule has 1 rings (SSSR count). The van der Waals surface area contributed by atoms with E-state index in [0.29, 0.717) is 31.9 Å². The SMILES string of the molecule is CCOc1ccc(S(=O)(=O)NCCC(=O)NCCCN)cc1. The molecule has 0 saturated heterocycles. The van der Waals surface area contributed by atoms with E-state index >= 15 is 0 Å². The Labute approximate surface area is 131 Å². The fourth-order valence-corrected chi connectivity index (χ4v) is 2.71. The minimum absolute atomic E-state index is 0.0456. The van der Waals surface area contributed by atoms with Crippen LogP contribution in [-0.4, -0.2) is 40.6 Å². The zero-order valence-corrected chi connectivity index (χ0v) is 13.5. The molecule has 0 atom stereocenters. The van der Waals surface area contributed by atoms with Crippen molar-refractivity contribution < 1.29 is 17.9 Å². The molecule has 0 bridgehead atoms. The molecule has 0 aliphatic carbocycles. The van der Waals surface area contributed by atoms with Crippen LogP contribution in [-0.2, 0) is 14.8 Å². The predicted molar refractivity (Wildman–Crippen MR) is 84.1 cm³/mol. The molecule has 8 heteroatoms. The van der Waals surface area contributed by atoms with Crippen molar-refractivity contribution >= 4 is 15.9 Å². The molecule has 0 unspecified atom stereocenters. The second-order valence-electron chi connectivity index (χ2n) is 4.54. The highest BCUT2D eigenvalue weighted by Gasteiger charge is 2.14. The molecule has 1 amide bonds. The lowest BCUT2D eigenvalue weighted by molar-refractivity contribution is -0.120. The standard InChI is InChI=1S/C14H23N3O4S/c1-2-21-12-4-6-13(7-5-12)22(19,20)17-11-8-14(18)16-10-3-9-15/h4-7,17H,2-3,8-11,15H2,1H3,(H,16,18). The summed E-state index contributed by atoms with van der Waals surface area (Å²) in [6.07, 6.45) is 0.782. The minimum Gasteiger partial charge on any atom is -0.494 e. The number of carbonyl (C=O) groups is 1. The van der Waals surface area contributed by atoms with E-state index in [2.05, 4.69) is 10.0 Å². The number of sulfonamides is 1. The summed E-state index contributed by atoms with van der Waals surface area (Å²) < 4.78 is 31.7. The molecule has 0 aliphatic rings. The summed E-state index contributed by atoms with van der Waals surface area (Å²) in [7, 11) is -3.62. The Morgan fingerprint density at radius 2 is 1.91 bits per heavy atom. The largest absolute Gasteiger partial charge is 0.494 e. The number of benzene rings is 1. The van der Waals surface area contributed by atoms with Gasteiger partial charge in [-0.25, -0.2) is 13.1 Å². The summed E-state index contributed by atoms with van der Waals surface area (Å²) in [5.41, 5.74) is 5.31. The molecule has 4 N–H and O–H groups in total. The first-order valence-corrected chi connectivity index (χ1v) is 8.67. The van der Waals surface area contributed by atoms with Crippen LogP contribution in [0.1, 0.15) is 19.8 Å². The lowest BCUT2D eigenvalue weighted by Gasteiger charge is -2.08. The van der Waals surface area contributed by atoms with Crippen LogP contribution in [0.15, 0.2) is 29.2 Å². The van der Waals surface area contributed by atoms with E-state index in [1.54, 1.807) is 12.1 Å².